The number of nitriles is 1. The Balaban J connectivity index is 1.35. The molecule has 0 aliphatic heterocycles. The van der Waals surface area contributed by atoms with Crippen LogP contribution >= 0.6 is 0 Å². The molecule has 0 saturated heterocycles. The van der Waals surface area contributed by atoms with Gasteiger partial charge in [-0.05, 0) is 60.1 Å². The van der Waals surface area contributed by atoms with Gasteiger partial charge in [0.25, 0.3) is 11.8 Å². The van der Waals surface area contributed by atoms with Crippen molar-refractivity contribution in [2.45, 2.75) is 38.6 Å². The number of nitrogens with zero attached hydrogens (tertiary/aromatic N) is 1. The normalized spacial score (nSPS) is 13.9. The number of rotatable bonds is 8. The summed E-state index contributed by atoms with van der Waals surface area (Å²) in [4.78, 5) is 37.5. The minimum atomic E-state index is -0.625. The maximum absolute atomic E-state index is 13.1. The second-order valence-corrected chi connectivity index (χ2v) is 8.95. The maximum Gasteiger partial charge on any atom is 0.280 e. The van der Waals surface area contributed by atoms with Crippen LogP contribution in [0.1, 0.15) is 53.7 Å². The van der Waals surface area contributed by atoms with E-state index in [-0.39, 0.29) is 29.9 Å². The van der Waals surface area contributed by atoms with Gasteiger partial charge in [0, 0.05) is 12.0 Å². The molecule has 3 aromatic rings. The molecular weight excluding hydrogens is 452 g/mol. The number of carbonyl (C=O) groups excluding carboxylic acids is 3. The predicted octanol–water partition coefficient (Wildman–Crippen LogP) is 4.27. The van der Waals surface area contributed by atoms with E-state index in [0.717, 1.165) is 34.7 Å². The molecule has 3 N–H and O–H groups in total. The number of nitrogens with one attached hydrogen (secondary N) is 3. The van der Waals surface area contributed by atoms with Crippen LogP contribution in [-0.2, 0) is 16.0 Å². The molecule has 1 fully saturated rings. The lowest BCUT2D eigenvalue weighted by atomic mass is 9.98. The lowest BCUT2D eigenvalue weighted by molar-refractivity contribution is -0.127. The molecule has 182 valence electrons. The van der Waals surface area contributed by atoms with Crippen LogP contribution in [-0.4, -0.2) is 17.7 Å². The van der Waals surface area contributed by atoms with Gasteiger partial charge in [-0.15, -0.1) is 0 Å². The standard InChI is InChI=1S/C29H28N4O3/c1-19(24-12-6-9-21-7-2-4-10-25(21)24)31-29(36)26-11-5-3-8-22(26)15-16-27(34)32-33-28(35)23(18-30)17-20-13-14-20/h2-12,17,19-20H,13-16H2,1H3,(H,31,36)(H,32,34)(H,33,35)/t19-/m1/s1. The number of allylic oxidation sites excluding steroid dienone is 1. The zero-order chi connectivity index (χ0) is 25.5. The van der Waals surface area contributed by atoms with E-state index in [1.807, 2.05) is 67.6 Å². The summed E-state index contributed by atoms with van der Waals surface area (Å²) in [5.74, 6) is -0.984. The van der Waals surface area contributed by atoms with Crippen molar-refractivity contribution in [3.05, 3.63) is 95.1 Å². The fourth-order valence-corrected chi connectivity index (χ4v) is 4.11. The Kier molecular flexibility index (Phi) is 7.76. The summed E-state index contributed by atoms with van der Waals surface area (Å²) in [6, 6.07) is 22.9. The molecule has 3 aromatic carbocycles. The molecule has 4 rings (SSSR count). The van der Waals surface area contributed by atoms with Crippen LogP contribution in [0.5, 0.6) is 0 Å². The van der Waals surface area contributed by atoms with Gasteiger partial charge < -0.3 is 5.32 Å². The maximum atomic E-state index is 13.1. The molecule has 0 bridgehead atoms. The van der Waals surface area contributed by atoms with Crippen molar-refractivity contribution >= 4 is 28.5 Å². The Morgan fingerprint density at radius 3 is 2.50 bits per heavy atom. The van der Waals surface area contributed by atoms with E-state index in [2.05, 4.69) is 16.2 Å². The lowest BCUT2D eigenvalue weighted by Crippen LogP contribution is -2.42. The van der Waals surface area contributed by atoms with Crippen molar-refractivity contribution in [2.24, 2.45) is 5.92 Å². The average molecular weight is 481 g/mol. The summed E-state index contributed by atoms with van der Waals surface area (Å²) in [7, 11) is 0. The highest BCUT2D eigenvalue weighted by Crippen LogP contribution is 2.31. The first-order valence-electron chi connectivity index (χ1n) is 12.0. The number of hydrogen-bond donors (Lipinski definition) is 3. The van der Waals surface area contributed by atoms with Crippen LogP contribution in [0.25, 0.3) is 10.8 Å². The number of hydrogen-bond acceptors (Lipinski definition) is 4. The number of carbonyl (C=O) groups is 3. The molecule has 1 atom stereocenters. The second-order valence-electron chi connectivity index (χ2n) is 8.95. The van der Waals surface area contributed by atoms with Crippen molar-refractivity contribution in [1.29, 1.82) is 5.26 Å². The molecule has 1 saturated carbocycles. The van der Waals surface area contributed by atoms with Crippen LogP contribution in [0.2, 0.25) is 0 Å². The third kappa shape index (κ3) is 6.16. The molecule has 0 heterocycles. The Labute approximate surface area is 210 Å². The zero-order valence-electron chi connectivity index (χ0n) is 20.1. The van der Waals surface area contributed by atoms with Gasteiger partial charge in [-0.25, -0.2) is 0 Å². The van der Waals surface area contributed by atoms with Crippen LogP contribution in [0.3, 0.4) is 0 Å². The molecule has 1 aliphatic rings. The lowest BCUT2D eigenvalue weighted by Gasteiger charge is -2.18. The van der Waals surface area contributed by atoms with Crippen LogP contribution in [0.15, 0.2) is 78.4 Å². The fraction of sp³-hybridized carbons (Fsp3) is 0.241. The molecule has 0 unspecified atom stereocenters. The van der Waals surface area contributed by atoms with Crippen molar-refractivity contribution in [1.82, 2.24) is 16.2 Å². The van der Waals surface area contributed by atoms with Crippen LogP contribution < -0.4 is 16.2 Å². The quantitative estimate of drug-likeness (QED) is 0.254. The van der Waals surface area contributed by atoms with Crippen LogP contribution in [0.4, 0.5) is 0 Å². The summed E-state index contributed by atoms with van der Waals surface area (Å²) >= 11 is 0. The minimum Gasteiger partial charge on any atom is -0.345 e. The number of hydrazine groups is 1. The van der Waals surface area contributed by atoms with Gasteiger partial charge in [0.15, 0.2) is 0 Å². The Bertz CT molecular complexity index is 1360. The molecular formula is C29H28N4O3. The summed E-state index contributed by atoms with van der Waals surface area (Å²) in [5.41, 5.74) is 6.90. The van der Waals surface area contributed by atoms with E-state index in [0.29, 0.717) is 12.0 Å². The second kappa shape index (κ2) is 11.3. The number of fused-ring (bicyclic) bond motifs is 1. The molecule has 36 heavy (non-hydrogen) atoms. The van der Waals surface area contributed by atoms with Gasteiger partial charge in [0.2, 0.25) is 5.91 Å². The SMILES string of the molecule is C[C@@H](NC(=O)c1ccccc1CCC(=O)NNC(=O)C(C#N)=CC1CC1)c1cccc2ccccc12. The van der Waals surface area contributed by atoms with Crippen LogP contribution in [0, 0.1) is 17.2 Å². The third-order valence-electron chi connectivity index (χ3n) is 6.23. The van der Waals surface area contributed by atoms with Gasteiger partial charge in [0.1, 0.15) is 11.6 Å². The molecule has 7 heteroatoms. The number of benzene rings is 3. The first kappa shape index (κ1) is 24.7. The Morgan fingerprint density at radius 1 is 1.00 bits per heavy atom. The monoisotopic (exact) mass is 480 g/mol. The van der Waals surface area contributed by atoms with Crippen molar-refractivity contribution in [2.75, 3.05) is 0 Å². The van der Waals surface area contributed by atoms with Gasteiger partial charge in [-0.1, -0.05) is 66.7 Å². The molecule has 3 amide bonds. The Hall–Kier alpha value is -4.44. The Morgan fingerprint density at radius 2 is 1.72 bits per heavy atom. The van der Waals surface area contributed by atoms with E-state index >= 15 is 0 Å². The minimum absolute atomic E-state index is 0.000121. The highest BCUT2D eigenvalue weighted by Gasteiger charge is 2.22. The van der Waals surface area contributed by atoms with E-state index in [1.165, 1.54) is 0 Å². The smallest absolute Gasteiger partial charge is 0.280 e. The van der Waals surface area contributed by atoms with E-state index in [9.17, 15) is 14.4 Å². The average Bonchev–Trinajstić information content (AvgIpc) is 3.73. The summed E-state index contributed by atoms with van der Waals surface area (Å²) in [6.07, 6.45) is 3.96. The highest BCUT2D eigenvalue weighted by molar-refractivity contribution is 5.98. The molecule has 0 aromatic heterocycles. The summed E-state index contributed by atoms with van der Waals surface area (Å²) in [6.45, 7) is 1.95. The number of amides is 3. The number of aryl methyl sites for hydroxylation is 1. The molecule has 1 aliphatic carbocycles. The zero-order valence-corrected chi connectivity index (χ0v) is 20.1. The van der Waals surface area contributed by atoms with Gasteiger partial charge in [-0.3, -0.25) is 25.2 Å². The summed E-state index contributed by atoms with van der Waals surface area (Å²) in [5, 5.41) is 14.4. The molecule has 7 nitrogen and oxygen atoms in total. The van der Waals surface area contributed by atoms with E-state index < -0.39 is 11.8 Å². The third-order valence-corrected chi connectivity index (χ3v) is 6.23. The predicted molar refractivity (Wildman–Crippen MR) is 137 cm³/mol. The van der Waals surface area contributed by atoms with E-state index in [1.54, 1.807) is 18.2 Å². The highest BCUT2D eigenvalue weighted by atomic mass is 16.2. The molecule has 0 spiro atoms. The van der Waals surface area contributed by atoms with Crippen molar-refractivity contribution in [3.8, 4) is 6.07 Å². The first-order valence-corrected chi connectivity index (χ1v) is 12.0. The van der Waals surface area contributed by atoms with Gasteiger partial charge >= 0.3 is 0 Å². The largest absolute Gasteiger partial charge is 0.345 e. The topological polar surface area (TPSA) is 111 Å². The van der Waals surface area contributed by atoms with Gasteiger partial charge in [0.05, 0.1) is 6.04 Å². The van der Waals surface area contributed by atoms with Crippen molar-refractivity contribution < 1.29 is 14.4 Å². The van der Waals surface area contributed by atoms with Gasteiger partial charge in [-0.2, -0.15) is 5.26 Å². The first-order chi connectivity index (χ1) is 17.5. The fourth-order valence-electron chi connectivity index (χ4n) is 4.11. The van der Waals surface area contributed by atoms with E-state index in [4.69, 9.17) is 5.26 Å². The van der Waals surface area contributed by atoms with Crippen molar-refractivity contribution in [3.63, 3.8) is 0 Å². The molecule has 0 radical (unpaired) electrons. The summed E-state index contributed by atoms with van der Waals surface area (Å²) < 4.78 is 0.